The Hall–Kier alpha value is -13.5. The molecule has 0 aliphatic carbocycles. The van der Waals surface area contributed by atoms with Crippen molar-refractivity contribution in [3.05, 3.63) is 131 Å². The van der Waals surface area contributed by atoms with Crippen molar-refractivity contribution >= 4 is 134 Å². The number of benzene rings is 3. The number of carbonyl (C=O) groups is 17. The lowest BCUT2D eigenvalue weighted by Crippen LogP contribution is -2.61. The van der Waals surface area contributed by atoms with Crippen molar-refractivity contribution in [2.75, 3.05) is 58.8 Å². The Labute approximate surface area is 802 Å². The zero-order valence-corrected chi connectivity index (χ0v) is 79.4. The molecule has 0 spiro atoms. The number of unbranched alkanes of at least 4 members (excludes halogenated alkanes) is 4. The van der Waals surface area contributed by atoms with E-state index in [1.165, 1.54) is 57.6 Å². The lowest BCUT2D eigenvalue weighted by Gasteiger charge is -2.36. The van der Waals surface area contributed by atoms with Crippen LogP contribution in [0.25, 0.3) is 21.8 Å². The van der Waals surface area contributed by atoms with Crippen LogP contribution in [0.3, 0.4) is 0 Å². The minimum atomic E-state index is -1.77. The molecule has 16 amide bonds. The first kappa shape index (κ1) is 107. The van der Waals surface area contributed by atoms with Crippen molar-refractivity contribution in [3.63, 3.8) is 0 Å². The summed E-state index contributed by atoms with van der Waals surface area (Å²) >= 11 is 0.752. The molecule has 748 valence electrons. The normalized spacial score (nSPS) is 24.8. The summed E-state index contributed by atoms with van der Waals surface area (Å²) in [7, 11) is 3.97. The van der Waals surface area contributed by atoms with E-state index >= 15 is 43.2 Å². The largest absolute Gasteiger partial charge is 0.508 e. The van der Waals surface area contributed by atoms with E-state index in [9.17, 15) is 53.7 Å². The maximum atomic E-state index is 15.9. The van der Waals surface area contributed by atoms with Crippen LogP contribution in [0.5, 0.6) is 5.75 Å². The van der Waals surface area contributed by atoms with Gasteiger partial charge in [-0.05, 0) is 144 Å². The third-order valence-corrected chi connectivity index (χ3v) is 26.6. The van der Waals surface area contributed by atoms with Gasteiger partial charge in [0.15, 0.2) is 0 Å². The standard InChI is InChI=1S/C94H131N23O20S/c1-7-9-25-74-87(130)106-65(33-36-80(122)123)84(127)112-72(82(125)102-47-78(98)120)49-138-50-79(121)104-67(32-29-53-27-30-57(118)31-28-53)90(133)113(4)52(3)81(124)110-71-43-61(97)73-34-35-75(117(73)93(71)136)88(131)109-69(41-56-46-99-51-103-56)86(129)107-66(24-16-18-38-96)92(135)116-48-58(119)42-77(116)89(132)108-68(39-54-44-100-62-21-13-11-19-59(54)62)85(128)105-64(23-15-17-37-95)83(126)111-70(40-55-45-101-63-22-14-12-20-60(55)63)91(134)115(6)76(26-10-8-2)94(137)114(74)5/h11-14,19-22,27-28,30-31,44-46,51-52,58,64-72,74-77,100-101,118-119H,7-10,15-18,23-26,29,32-43,47-50,95-97H2,1-6H3,(H2,98,120)(H,99,103)(H,102,125)(H,104,121)(H,105,128)(H,106,130)(H,107,129)(H,108,132)(H,109,131)(H,110,124)(H,111,126)(H,112,127)(H,122,123)/t52-,58+,64-,65-,66-,67-,68-,69-,70-,71-,72-,74-,75-,76-,77-/m0/s1. The summed E-state index contributed by atoms with van der Waals surface area (Å²) in [5, 5.41) is 60.2. The van der Waals surface area contributed by atoms with Crippen molar-refractivity contribution in [1.82, 2.24) is 97.6 Å². The molecule has 6 aromatic rings. The van der Waals surface area contributed by atoms with Crippen LogP contribution >= 0.6 is 11.8 Å². The van der Waals surface area contributed by atoms with E-state index in [-0.39, 0.29) is 132 Å². The van der Waals surface area contributed by atoms with Crippen LogP contribution in [0.2, 0.25) is 0 Å². The van der Waals surface area contributed by atoms with E-state index < -0.39 is 229 Å². The number of amides is 16. The number of allylic oxidation sites excluding steroid dienone is 1. The molecule has 44 heteroatoms. The Kier molecular flexibility index (Phi) is 39.4. The van der Waals surface area contributed by atoms with Gasteiger partial charge in [0.25, 0.3) is 5.91 Å². The van der Waals surface area contributed by atoms with Crippen molar-refractivity contribution in [2.45, 2.75) is 259 Å². The molecule has 3 fully saturated rings. The van der Waals surface area contributed by atoms with Crippen LogP contribution < -0.4 is 76.1 Å². The van der Waals surface area contributed by atoms with Gasteiger partial charge in [-0.15, -0.1) is 11.8 Å². The van der Waals surface area contributed by atoms with Crippen LogP contribution in [0, 0.1) is 0 Å². The maximum absolute atomic E-state index is 15.9. The number of aromatic hydroxyl groups is 1. The Morgan fingerprint density at radius 1 is 0.543 bits per heavy atom. The maximum Gasteiger partial charge on any atom is 0.303 e. The number of phenolic OH excluding ortho intramolecular Hbond substituents is 1. The second-order valence-electron chi connectivity index (χ2n) is 35.6. The van der Waals surface area contributed by atoms with Crippen LogP contribution in [-0.4, -0.2) is 310 Å². The lowest BCUT2D eigenvalue weighted by atomic mass is 9.99. The number of aryl methyl sites for hydroxylation is 1. The number of aliphatic hydroxyl groups excluding tert-OH is 1. The number of primary amides is 1. The molecule has 10 rings (SSSR count). The number of rotatable bonds is 29. The van der Waals surface area contributed by atoms with Gasteiger partial charge in [-0.1, -0.05) is 88.1 Å². The SMILES string of the molecule is CCCC[C@H]1C(=O)N(C)[C@@H](CCCC)C(=O)N[C@@H](CCC(=O)O)C(=O)N[C@H](C(=O)NCC(N)=O)CSCC(=O)N[C@@H](CCc2ccc(O)cc2)C(=O)N(C)[C@@H](C)C(=O)N[C@H]2CC(N)=C3CC[C@@H](C(=O)N[C@@H](Cc4c[nH]cn4)C(=O)N[C@@H](CCCCN)C(=O)N4C[C@H](O)C[C@H]4C(=O)N[C@@H](Cc4c[nH]c5ccccc45)C(=O)N[C@@H](CCCCN)C(=O)N[C@@H](Cc4c[nH]c5ccccc45)C(=O)N1C)N3C2=O. The number of carboxylic acid groups (broad SMARTS) is 1. The van der Waals surface area contributed by atoms with Gasteiger partial charge in [0.05, 0.1) is 30.4 Å². The summed E-state index contributed by atoms with van der Waals surface area (Å²) in [5.74, 6) is -16.8. The fourth-order valence-electron chi connectivity index (χ4n) is 17.7. The number of aromatic nitrogens is 4. The summed E-state index contributed by atoms with van der Waals surface area (Å²) in [5.41, 5.74) is 27.9. The van der Waals surface area contributed by atoms with Gasteiger partial charge in [0.2, 0.25) is 88.6 Å². The van der Waals surface area contributed by atoms with Crippen molar-refractivity contribution in [2.24, 2.45) is 22.9 Å². The number of aliphatic carboxylic acids is 1. The molecule has 3 aromatic carbocycles. The van der Waals surface area contributed by atoms with Gasteiger partial charge in [0.1, 0.15) is 90.3 Å². The molecule has 4 aliphatic heterocycles. The Bertz CT molecular complexity index is 5360. The van der Waals surface area contributed by atoms with Crippen molar-refractivity contribution in [1.29, 1.82) is 0 Å². The second-order valence-corrected chi connectivity index (χ2v) is 36.6. The first-order valence-corrected chi connectivity index (χ1v) is 48.1. The average molecular weight is 1940 g/mol. The quantitative estimate of drug-likeness (QED) is 0.0250. The van der Waals surface area contributed by atoms with E-state index in [2.05, 4.69) is 73.1 Å². The first-order valence-electron chi connectivity index (χ1n) is 47.0. The molecule has 4 aliphatic rings. The number of fused-ring (bicyclic) bond motifs is 4. The highest BCUT2D eigenvalue weighted by Crippen LogP contribution is 2.36. The topological polar surface area (TPSA) is 652 Å². The third kappa shape index (κ3) is 28.6. The van der Waals surface area contributed by atoms with Crippen molar-refractivity contribution < 1.29 is 96.8 Å². The minimum Gasteiger partial charge on any atom is -0.508 e. The number of carbonyl (C=O) groups excluding carboxylic acids is 16. The summed E-state index contributed by atoms with van der Waals surface area (Å²) < 4.78 is 0. The molecular formula is C94H131N23O20S. The first-order chi connectivity index (χ1) is 66.0. The second kappa shape index (κ2) is 51.1. The number of nitrogens with one attached hydrogen (secondary N) is 13. The van der Waals surface area contributed by atoms with Crippen molar-refractivity contribution in [3.8, 4) is 5.75 Å². The fraction of sp³-hybridized carbons (Fsp3) is 0.532. The lowest BCUT2D eigenvalue weighted by molar-refractivity contribution is -0.149. The van der Waals surface area contributed by atoms with Gasteiger partial charge in [-0.3, -0.25) is 81.5 Å². The molecule has 138 heavy (non-hydrogen) atoms. The van der Waals surface area contributed by atoms with E-state index in [1.54, 1.807) is 73.1 Å². The third-order valence-electron chi connectivity index (χ3n) is 25.6. The Morgan fingerprint density at radius 2 is 1.08 bits per heavy atom. The number of thioether (sulfide) groups is 1. The summed E-state index contributed by atoms with van der Waals surface area (Å²) in [4.78, 5) is 271. The monoisotopic (exact) mass is 1930 g/mol. The molecule has 2 bridgehead atoms. The van der Waals surface area contributed by atoms with Crippen LogP contribution in [0.15, 0.2) is 109 Å². The number of aromatic amines is 3. The average Bonchev–Trinajstić information content (AvgIpc) is 1.60. The number of likely N-dealkylation sites (N-methyl/N-ethyl adjacent to an activating group) is 3. The number of imidazole rings is 1. The van der Waals surface area contributed by atoms with Gasteiger partial charge in [-0.2, -0.15) is 0 Å². The predicted octanol–water partition coefficient (Wildman–Crippen LogP) is -1.02. The van der Waals surface area contributed by atoms with Gasteiger partial charge >= 0.3 is 5.97 Å². The summed E-state index contributed by atoms with van der Waals surface area (Å²) in [6.45, 7) is 4.14. The van der Waals surface area contributed by atoms with E-state index in [1.807, 2.05) is 13.8 Å². The molecule has 24 N–H and O–H groups in total. The number of hydrogen-bond acceptors (Lipinski definition) is 24. The number of nitrogens with zero attached hydrogens (tertiary/aromatic N) is 6. The highest BCUT2D eigenvalue weighted by molar-refractivity contribution is 8.00. The number of phenols is 1. The van der Waals surface area contributed by atoms with E-state index in [4.69, 9.17) is 22.9 Å². The van der Waals surface area contributed by atoms with Crippen LogP contribution in [-0.2, 0) is 107 Å². The predicted molar refractivity (Wildman–Crippen MR) is 509 cm³/mol. The number of aliphatic hydroxyl groups is 1. The molecule has 7 heterocycles. The number of carboxylic acids is 1. The van der Waals surface area contributed by atoms with Gasteiger partial charge in [0, 0.05) is 124 Å². The number of H-pyrrole nitrogens is 3. The van der Waals surface area contributed by atoms with Gasteiger partial charge < -0.3 is 131 Å². The molecule has 3 aromatic heterocycles. The van der Waals surface area contributed by atoms with E-state index in [0.717, 1.165) is 31.4 Å². The zero-order chi connectivity index (χ0) is 100. The van der Waals surface area contributed by atoms with Crippen LogP contribution in [0.4, 0.5) is 0 Å². The summed E-state index contributed by atoms with van der Waals surface area (Å²) in [6.07, 6.45) is 4.57. The number of hydrogen-bond donors (Lipinski definition) is 20. The molecule has 0 radical (unpaired) electrons. The van der Waals surface area contributed by atoms with Crippen LogP contribution in [0.1, 0.15) is 165 Å². The molecule has 3 saturated heterocycles. The highest BCUT2D eigenvalue weighted by atomic mass is 32.2. The highest BCUT2D eigenvalue weighted by Gasteiger charge is 2.49. The molecule has 0 saturated carbocycles. The smallest absolute Gasteiger partial charge is 0.303 e. The number of para-hydroxylation sites is 2. The molecular weight excluding hydrogens is 1800 g/mol. The molecule has 15 atom stereocenters. The Balaban J connectivity index is 1.03. The fourth-order valence-corrected chi connectivity index (χ4v) is 18.5. The minimum absolute atomic E-state index is 0.00935. The molecule has 43 nitrogen and oxygen atoms in total. The Morgan fingerprint density at radius 3 is 1.69 bits per heavy atom. The van der Waals surface area contributed by atoms with E-state index in [0.29, 0.717) is 77.0 Å². The summed E-state index contributed by atoms with van der Waals surface area (Å²) in [6, 6.07) is -0.779. The zero-order valence-electron chi connectivity index (χ0n) is 78.6. The van der Waals surface area contributed by atoms with Gasteiger partial charge in [-0.25, -0.2) is 4.98 Å². The molecule has 0 unspecified atom stereocenters. The number of nitrogens with two attached hydrogens (primary N) is 4.